The predicted molar refractivity (Wildman–Crippen MR) is 109 cm³/mol. The Kier molecular flexibility index (Phi) is 6.64. The molecule has 1 amide bonds. The molecule has 1 atom stereocenters. The summed E-state index contributed by atoms with van der Waals surface area (Å²) in [4.78, 5) is 30.7. The van der Waals surface area contributed by atoms with Crippen molar-refractivity contribution in [3.05, 3.63) is 59.4 Å². The standard InChI is InChI=1S/C20H19FN2O3S2/c1-13(20-22-15-8-4-6-10-17(15)28-20)23(2)18(24)11-26-19(25)12-27-16-9-5-3-7-14(16)21/h3-10,13H,11-12H2,1-2H3/t13-/m1/s1. The molecule has 3 rings (SSSR count). The van der Waals surface area contributed by atoms with Gasteiger partial charge in [-0.15, -0.1) is 23.1 Å². The first-order valence-electron chi connectivity index (χ1n) is 8.60. The van der Waals surface area contributed by atoms with Gasteiger partial charge in [-0.1, -0.05) is 24.3 Å². The molecule has 0 spiro atoms. The normalized spacial score (nSPS) is 12.0. The molecule has 2 aromatic carbocycles. The molecular weight excluding hydrogens is 399 g/mol. The number of para-hydroxylation sites is 1. The van der Waals surface area contributed by atoms with Gasteiger partial charge >= 0.3 is 5.97 Å². The lowest BCUT2D eigenvalue weighted by molar-refractivity contribution is -0.150. The smallest absolute Gasteiger partial charge is 0.316 e. The zero-order valence-corrected chi connectivity index (χ0v) is 17.1. The zero-order valence-electron chi connectivity index (χ0n) is 15.4. The quantitative estimate of drug-likeness (QED) is 0.423. The lowest BCUT2D eigenvalue weighted by Gasteiger charge is -2.23. The molecule has 0 fully saturated rings. The number of thiazole rings is 1. The summed E-state index contributed by atoms with van der Waals surface area (Å²) in [5.41, 5.74) is 0.895. The van der Waals surface area contributed by atoms with Crippen LogP contribution in [0.1, 0.15) is 18.0 Å². The van der Waals surface area contributed by atoms with Gasteiger partial charge in [0.2, 0.25) is 0 Å². The number of amides is 1. The number of hydrogen-bond acceptors (Lipinski definition) is 6. The van der Waals surface area contributed by atoms with Gasteiger partial charge in [0.25, 0.3) is 5.91 Å². The van der Waals surface area contributed by atoms with Crippen molar-refractivity contribution in [3.63, 3.8) is 0 Å². The van der Waals surface area contributed by atoms with Crippen LogP contribution in [-0.4, -0.2) is 41.2 Å². The minimum atomic E-state index is -0.567. The summed E-state index contributed by atoms with van der Waals surface area (Å²) in [6.07, 6.45) is 0. The third kappa shape index (κ3) is 4.88. The van der Waals surface area contributed by atoms with E-state index < -0.39 is 5.97 Å². The Morgan fingerprint density at radius 2 is 1.93 bits per heavy atom. The van der Waals surface area contributed by atoms with Gasteiger partial charge in [-0.05, 0) is 31.2 Å². The number of likely N-dealkylation sites (N-methyl/N-ethyl adjacent to an activating group) is 1. The number of hydrogen-bond donors (Lipinski definition) is 0. The van der Waals surface area contributed by atoms with Crippen molar-refractivity contribution in [2.24, 2.45) is 0 Å². The molecular formula is C20H19FN2O3S2. The Hall–Kier alpha value is -2.45. The van der Waals surface area contributed by atoms with Gasteiger partial charge in [-0.3, -0.25) is 9.59 Å². The molecule has 0 aliphatic heterocycles. The fourth-order valence-corrected chi connectivity index (χ4v) is 4.23. The molecule has 0 aliphatic carbocycles. The van der Waals surface area contributed by atoms with Gasteiger partial charge in [0.15, 0.2) is 6.61 Å². The van der Waals surface area contributed by atoms with Crippen LogP contribution in [0.25, 0.3) is 10.2 Å². The average molecular weight is 419 g/mol. The first kappa shape index (κ1) is 20.3. The molecule has 0 bridgehead atoms. The summed E-state index contributed by atoms with van der Waals surface area (Å²) in [6, 6.07) is 13.7. The summed E-state index contributed by atoms with van der Waals surface area (Å²) >= 11 is 2.57. The lowest BCUT2D eigenvalue weighted by atomic mass is 10.3. The van der Waals surface area contributed by atoms with Crippen LogP contribution in [0.15, 0.2) is 53.4 Å². The summed E-state index contributed by atoms with van der Waals surface area (Å²) in [5, 5.41) is 0.818. The number of aromatic nitrogens is 1. The third-order valence-corrected chi connectivity index (χ3v) is 6.41. The Bertz CT molecular complexity index is 959. The first-order valence-corrected chi connectivity index (χ1v) is 10.4. The second-order valence-electron chi connectivity index (χ2n) is 6.08. The molecule has 0 N–H and O–H groups in total. The number of nitrogens with zero attached hydrogens (tertiary/aromatic N) is 2. The minimum Gasteiger partial charge on any atom is -0.455 e. The van der Waals surface area contributed by atoms with Crippen molar-refractivity contribution in [1.82, 2.24) is 9.88 Å². The van der Waals surface area contributed by atoms with E-state index in [4.69, 9.17) is 4.74 Å². The molecule has 146 valence electrons. The fourth-order valence-electron chi connectivity index (χ4n) is 2.43. The second kappa shape index (κ2) is 9.16. The molecule has 0 unspecified atom stereocenters. The van der Waals surface area contributed by atoms with Crippen LogP contribution in [0, 0.1) is 5.82 Å². The molecule has 0 radical (unpaired) electrons. The molecule has 1 heterocycles. The molecule has 3 aromatic rings. The maximum atomic E-state index is 13.5. The van der Waals surface area contributed by atoms with Gasteiger partial charge in [0, 0.05) is 11.9 Å². The van der Waals surface area contributed by atoms with Gasteiger partial charge in [-0.2, -0.15) is 0 Å². The largest absolute Gasteiger partial charge is 0.455 e. The van der Waals surface area contributed by atoms with E-state index in [9.17, 15) is 14.0 Å². The number of halogens is 1. The highest BCUT2D eigenvalue weighted by atomic mass is 32.2. The molecule has 8 heteroatoms. The number of ether oxygens (including phenoxy) is 1. The maximum Gasteiger partial charge on any atom is 0.316 e. The second-order valence-corrected chi connectivity index (χ2v) is 8.16. The van der Waals surface area contributed by atoms with Crippen LogP contribution in [0.3, 0.4) is 0 Å². The van der Waals surface area contributed by atoms with Crippen LogP contribution in [0.4, 0.5) is 4.39 Å². The van der Waals surface area contributed by atoms with Crippen LogP contribution >= 0.6 is 23.1 Å². The number of rotatable bonds is 7. The Labute approximate surface area is 170 Å². The Morgan fingerprint density at radius 3 is 2.68 bits per heavy atom. The number of thioether (sulfide) groups is 1. The van der Waals surface area contributed by atoms with Crippen molar-refractivity contribution < 1.29 is 18.7 Å². The van der Waals surface area contributed by atoms with Crippen molar-refractivity contribution >= 4 is 45.2 Å². The van der Waals surface area contributed by atoms with Crippen LogP contribution in [0.2, 0.25) is 0 Å². The van der Waals surface area contributed by atoms with Crippen LogP contribution in [-0.2, 0) is 14.3 Å². The number of esters is 1. The molecule has 5 nitrogen and oxygen atoms in total. The highest BCUT2D eigenvalue weighted by Gasteiger charge is 2.21. The average Bonchev–Trinajstić information content (AvgIpc) is 3.14. The zero-order chi connectivity index (χ0) is 20.1. The van der Waals surface area contributed by atoms with E-state index in [0.717, 1.165) is 27.0 Å². The number of benzene rings is 2. The highest BCUT2D eigenvalue weighted by Crippen LogP contribution is 2.28. The SMILES string of the molecule is C[C@H](c1nc2ccccc2s1)N(C)C(=O)COC(=O)CSc1ccccc1F. The molecule has 0 saturated carbocycles. The predicted octanol–water partition coefficient (Wildman–Crippen LogP) is 4.29. The van der Waals surface area contributed by atoms with E-state index in [2.05, 4.69) is 4.98 Å². The molecule has 0 aliphatic rings. The van der Waals surface area contributed by atoms with E-state index >= 15 is 0 Å². The van der Waals surface area contributed by atoms with E-state index in [1.165, 1.54) is 22.3 Å². The fraction of sp³-hybridized carbons (Fsp3) is 0.250. The van der Waals surface area contributed by atoms with Crippen molar-refractivity contribution in [2.75, 3.05) is 19.4 Å². The first-order chi connectivity index (χ1) is 13.5. The van der Waals surface area contributed by atoms with Gasteiger partial charge in [0.1, 0.15) is 10.8 Å². The summed E-state index contributed by atoms with van der Waals surface area (Å²) in [6.45, 7) is 1.52. The van der Waals surface area contributed by atoms with Gasteiger partial charge < -0.3 is 9.64 Å². The van der Waals surface area contributed by atoms with Crippen LogP contribution in [0.5, 0.6) is 0 Å². The monoisotopic (exact) mass is 418 g/mol. The highest BCUT2D eigenvalue weighted by molar-refractivity contribution is 8.00. The van der Waals surface area contributed by atoms with E-state index in [1.54, 1.807) is 25.2 Å². The topological polar surface area (TPSA) is 59.5 Å². The molecule has 0 saturated heterocycles. The Balaban J connectivity index is 1.50. The number of carbonyl (C=O) groups is 2. The van der Waals surface area contributed by atoms with Crippen molar-refractivity contribution in [3.8, 4) is 0 Å². The Morgan fingerprint density at radius 1 is 1.21 bits per heavy atom. The number of fused-ring (bicyclic) bond motifs is 1. The number of carbonyl (C=O) groups excluding carboxylic acids is 2. The van der Waals surface area contributed by atoms with Crippen molar-refractivity contribution in [1.29, 1.82) is 0 Å². The minimum absolute atomic E-state index is 0.0641. The molecule has 1 aromatic heterocycles. The molecule has 28 heavy (non-hydrogen) atoms. The van der Waals surface area contributed by atoms with Gasteiger partial charge in [0.05, 0.1) is 22.0 Å². The lowest BCUT2D eigenvalue weighted by Crippen LogP contribution is -2.33. The van der Waals surface area contributed by atoms with Gasteiger partial charge in [-0.25, -0.2) is 9.37 Å². The summed E-state index contributed by atoms with van der Waals surface area (Å²) < 4.78 is 19.6. The van der Waals surface area contributed by atoms with E-state index in [1.807, 2.05) is 31.2 Å². The van der Waals surface area contributed by atoms with Crippen molar-refractivity contribution in [2.45, 2.75) is 17.9 Å². The third-order valence-electron chi connectivity index (χ3n) is 4.18. The maximum absolute atomic E-state index is 13.5. The van der Waals surface area contributed by atoms with Crippen LogP contribution < -0.4 is 0 Å². The summed E-state index contributed by atoms with van der Waals surface area (Å²) in [7, 11) is 1.65. The van der Waals surface area contributed by atoms with E-state index in [-0.39, 0.29) is 30.1 Å². The van der Waals surface area contributed by atoms with E-state index in [0.29, 0.717) is 4.90 Å². The summed E-state index contributed by atoms with van der Waals surface area (Å²) in [5.74, 6) is -1.34.